The lowest BCUT2D eigenvalue weighted by Crippen LogP contribution is -2.39. The van der Waals surface area contributed by atoms with Gasteiger partial charge in [-0.2, -0.15) is 0 Å². The van der Waals surface area contributed by atoms with Crippen LogP contribution >= 0.6 is 0 Å². The lowest BCUT2D eigenvalue weighted by molar-refractivity contribution is -0.143. The highest BCUT2D eigenvalue weighted by atomic mass is 16.4. The molecule has 0 aromatic rings. The molecule has 1 amide bonds. The van der Waals surface area contributed by atoms with Crippen LogP contribution in [0.5, 0.6) is 0 Å². The van der Waals surface area contributed by atoms with E-state index in [9.17, 15) is 9.59 Å². The van der Waals surface area contributed by atoms with E-state index in [0.29, 0.717) is 0 Å². The second-order valence-corrected chi connectivity index (χ2v) is 6.72. The van der Waals surface area contributed by atoms with Crippen molar-refractivity contribution >= 4 is 11.9 Å². The Balaban J connectivity index is 4.15. The van der Waals surface area contributed by atoms with Crippen molar-refractivity contribution in [1.29, 1.82) is 0 Å². The van der Waals surface area contributed by atoms with Gasteiger partial charge in [0.2, 0.25) is 5.91 Å². The summed E-state index contributed by atoms with van der Waals surface area (Å²) in [6.07, 6.45) is 0.995. The number of nitrogens with one attached hydrogen (secondary N) is 1. The Hall–Kier alpha value is -1.10. The van der Waals surface area contributed by atoms with Gasteiger partial charge in [-0.25, -0.2) is 0 Å². The van der Waals surface area contributed by atoms with Crippen LogP contribution in [0.3, 0.4) is 0 Å². The molecule has 0 saturated carbocycles. The maximum absolute atomic E-state index is 11.7. The van der Waals surface area contributed by atoms with Gasteiger partial charge in [-0.3, -0.25) is 9.59 Å². The summed E-state index contributed by atoms with van der Waals surface area (Å²) in [7, 11) is 0. The number of carbonyl (C=O) groups is 2. The zero-order valence-electron chi connectivity index (χ0n) is 12.7. The number of hydrogen-bond donors (Lipinski definition) is 3. The van der Waals surface area contributed by atoms with Gasteiger partial charge in [0.15, 0.2) is 0 Å². The molecule has 0 aliphatic rings. The molecule has 0 rings (SSSR count). The number of carboxylic acid groups (broad SMARTS) is 1. The minimum Gasteiger partial charge on any atom is -0.481 e. The molecule has 0 aromatic heterocycles. The average molecular weight is 272 g/mol. The Morgan fingerprint density at radius 2 is 1.79 bits per heavy atom. The van der Waals surface area contributed by atoms with E-state index >= 15 is 0 Å². The number of amides is 1. The third kappa shape index (κ3) is 8.59. The van der Waals surface area contributed by atoms with Crippen LogP contribution in [0.4, 0.5) is 0 Å². The molecular weight excluding hydrogens is 244 g/mol. The van der Waals surface area contributed by atoms with E-state index in [4.69, 9.17) is 10.8 Å². The minimum absolute atomic E-state index is 0.0129. The predicted octanol–water partition coefficient (Wildman–Crippen LogP) is 1.61. The zero-order chi connectivity index (χ0) is 15.2. The summed E-state index contributed by atoms with van der Waals surface area (Å²) in [5, 5.41) is 11.7. The molecule has 4 N–H and O–H groups in total. The number of hydrogen-bond acceptors (Lipinski definition) is 3. The van der Waals surface area contributed by atoms with E-state index in [1.165, 1.54) is 0 Å². The van der Waals surface area contributed by atoms with Crippen molar-refractivity contribution < 1.29 is 14.7 Å². The SMILES string of the molecule is CC(C)C(CNC(=O)CC(N)CC(C)(C)C)C(=O)O. The van der Waals surface area contributed by atoms with Gasteiger partial charge < -0.3 is 16.2 Å². The average Bonchev–Trinajstić information content (AvgIpc) is 2.12. The maximum Gasteiger partial charge on any atom is 0.308 e. The quantitative estimate of drug-likeness (QED) is 0.656. The van der Waals surface area contributed by atoms with Crippen molar-refractivity contribution in [3.8, 4) is 0 Å². The summed E-state index contributed by atoms with van der Waals surface area (Å²) in [5.74, 6) is -1.62. The van der Waals surface area contributed by atoms with Crippen molar-refractivity contribution in [2.45, 2.75) is 53.5 Å². The predicted molar refractivity (Wildman–Crippen MR) is 75.6 cm³/mol. The van der Waals surface area contributed by atoms with E-state index < -0.39 is 11.9 Å². The maximum atomic E-state index is 11.7. The van der Waals surface area contributed by atoms with Gasteiger partial charge in [0, 0.05) is 19.0 Å². The zero-order valence-corrected chi connectivity index (χ0v) is 12.7. The highest BCUT2D eigenvalue weighted by molar-refractivity contribution is 5.77. The summed E-state index contributed by atoms with van der Waals surface area (Å²) in [6, 6.07) is -0.192. The van der Waals surface area contributed by atoms with Crippen molar-refractivity contribution in [3.63, 3.8) is 0 Å². The van der Waals surface area contributed by atoms with Gasteiger partial charge in [-0.15, -0.1) is 0 Å². The fourth-order valence-corrected chi connectivity index (χ4v) is 2.00. The van der Waals surface area contributed by atoms with E-state index in [2.05, 4.69) is 26.1 Å². The molecule has 0 fully saturated rings. The van der Waals surface area contributed by atoms with Crippen molar-refractivity contribution in [2.75, 3.05) is 6.54 Å². The van der Waals surface area contributed by atoms with Gasteiger partial charge in [-0.1, -0.05) is 34.6 Å². The van der Waals surface area contributed by atoms with Crippen molar-refractivity contribution in [1.82, 2.24) is 5.32 Å². The molecule has 0 spiro atoms. The number of carbonyl (C=O) groups excluding carboxylic acids is 1. The molecule has 0 aromatic carbocycles. The Bertz CT molecular complexity index is 308. The smallest absolute Gasteiger partial charge is 0.308 e. The monoisotopic (exact) mass is 272 g/mol. The van der Waals surface area contributed by atoms with E-state index in [0.717, 1.165) is 6.42 Å². The second-order valence-electron chi connectivity index (χ2n) is 6.72. The van der Waals surface area contributed by atoms with Crippen LogP contribution in [0.2, 0.25) is 0 Å². The Morgan fingerprint density at radius 3 is 2.16 bits per heavy atom. The fraction of sp³-hybridized carbons (Fsp3) is 0.857. The Labute approximate surface area is 115 Å². The molecule has 0 saturated heterocycles. The van der Waals surface area contributed by atoms with E-state index in [-0.39, 0.29) is 36.2 Å². The third-order valence-corrected chi connectivity index (χ3v) is 2.96. The minimum atomic E-state index is -0.880. The van der Waals surface area contributed by atoms with Crippen molar-refractivity contribution in [3.05, 3.63) is 0 Å². The number of nitrogens with two attached hydrogens (primary N) is 1. The van der Waals surface area contributed by atoms with Crippen LogP contribution in [0, 0.1) is 17.3 Å². The molecule has 5 heteroatoms. The fourth-order valence-electron chi connectivity index (χ4n) is 2.00. The molecule has 0 radical (unpaired) electrons. The summed E-state index contributed by atoms with van der Waals surface area (Å²) >= 11 is 0. The first-order chi connectivity index (χ1) is 8.53. The molecule has 0 bridgehead atoms. The molecule has 5 nitrogen and oxygen atoms in total. The van der Waals surface area contributed by atoms with Crippen LogP contribution in [-0.4, -0.2) is 29.6 Å². The molecular formula is C14H28N2O3. The molecule has 2 unspecified atom stereocenters. The number of carboxylic acids is 1. The molecule has 112 valence electrons. The first-order valence-electron chi connectivity index (χ1n) is 6.78. The summed E-state index contributed by atoms with van der Waals surface area (Å²) in [4.78, 5) is 22.7. The number of aliphatic carboxylic acids is 1. The highest BCUT2D eigenvalue weighted by Gasteiger charge is 2.23. The lowest BCUT2D eigenvalue weighted by atomic mass is 9.87. The van der Waals surface area contributed by atoms with E-state index in [1.54, 1.807) is 0 Å². The first-order valence-corrected chi connectivity index (χ1v) is 6.78. The van der Waals surface area contributed by atoms with Crippen LogP contribution in [-0.2, 0) is 9.59 Å². The van der Waals surface area contributed by atoms with Crippen LogP contribution in [0.15, 0.2) is 0 Å². The molecule has 0 aliphatic carbocycles. The third-order valence-electron chi connectivity index (χ3n) is 2.96. The molecule has 0 aliphatic heterocycles. The van der Waals surface area contributed by atoms with Crippen LogP contribution in [0.25, 0.3) is 0 Å². The van der Waals surface area contributed by atoms with Gasteiger partial charge >= 0.3 is 5.97 Å². The van der Waals surface area contributed by atoms with Gasteiger partial charge in [-0.05, 0) is 17.8 Å². The second kappa shape index (κ2) is 7.48. The van der Waals surface area contributed by atoms with Crippen LogP contribution < -0.4 is 11.1 Å². The van der Waals surface area contributed by atoms with Crippen LogP contribution in [0.1, 0.15) is 47.5 Å². The first kappa shape index (κ1) is 17.9. The topological polar surface area (TPSA) is 92.4 Å². The van der Waals surface area contributed by atoms with Crippen molar-refractivity contribution in [2.24, 2.45) is 23.0 Å². The standard InChI is InChI=1S/C14H28N2O3/c1-9(2)11(13(18)19)8-16-12(17)6-10(15)7-14(3,4)5/h9-11H,6-8,15H2,1-5H3,(H,16,17)(H,18,19). The summed E-state index contributed by atoms with van der Waals surface area (Å²) in [5.41, 5.74) is 5.99. The highest BCUT2D eigenvalue weighted by Crippen LogP contribution is 2.21. The Morgan fingerprint density at radius 1 is 1.26 bits per heavy atom. The molecule has 0 heterocycles. The molecule has 19 heavy (non-hydrogen) atoms. The van der Waals surface area contributed by atoms with Gasteiger partial charge in [0.25, 0.3) is 0 Å². The van der Waals surface area contributed by atoms with E-state index in [1.807, 2.05) is 13.8 Å². The lowest BCUT2D eigenvalue weighted by Gasteiger charge is -2.23. The summed E-state index contributed by atoms with van der Waals surface area (Å²) < 4.78 is 0. The largest absolute Gasteiger partial charge is 0.481 e. The summed E-state index contributed by atoms with van der Waals surface area (Å²) in [6.45, 7) is 10.0. The Kier molecular flexibility index (Phi) is 7.05. The van der Waals surface area contributed by atoms with Gasteiger partial charge in [0.1, 0.15) is 0 Å². The number of rotatable bonds is 7. The van der Waals surface area contributed by atoms with Gasteiger partial charge in [0.05, 0.1) is 5.92 Å². The normalized spacial score (nSPS) is 15.1. The molecule has 2 atom stereocenters.